The van der Waals surface area contributed by atoms with Gasteiger partial charge in [0.1, 0.15) is 30.2 Å². The fraction of sp³-hybridized carbons (Fsp3) is 0.462. The summed E-state index contributed by atoms with van der Waals surface area (Å²) in [5.41, 5.74) is 5.44. The van der Waals surface area contributed by atoms with Crippen LogP contribution in [0.3, 0.4) is 0 Å². The number of fused-ring (bicyclic) bond motifs is 6. The Balaban J connectivity index is 1.25. The van der Waals surface area contributed by atoms with E-state index in [-0.39, 0.29) is 30.2 Å². The first-order valence-electron chi connectivity index (χ1n) is 11.5. The van der Waals surface area contributed by atoms with E-state index in [0.717, 1.165) is 24.6 Å². The normalized spacial score (nSPS) is 31.0. The Kier molecular flexibility index (Phi) is 3.67. The van der Waals surface area contributed by atoms with E-state index in [9.17, 15) is 0 Å². The van der Waals surface area contributed by atoms with Gasteiger partial charge in [-0.3, -0.25) is 0 Å². The van der Waals surface area contributed by atoms with Crippen molar-refractivity contribution in [2.75, 3.05) is 0 Å². The molecule has 2 heterocycles. The Morgan fingerprint density at radius 2 is 1.20 bits per heavy atom. The van der Waals surface area contributed by atoms with Crippen molar-refractivity contribution >= 4 is 11.8 Å². The van der Waals surface area contributed by atoms with Crippen LogP contribution in [0.4, 0.5) is 0 Å². The molecule has 152 valence electrons. The van der Waals surface area contributed by atoms with E-state index in [2.05, 4.69) is 48.5 Å². The quantitative estimate of drug-likeness (QED) is 0.732. The van der Waals surface area contributed by atoms with E-state index >= 15 is 0 Å². The summed E-state index contributed by atoms with van der Waals surface area (Å²) < 4.78 is 13.1. The van der Waals surface area contributed by atoms with Crippen molar-refractivity contribution in [3.8, 4) is 0 Å². The number of benzene rings is 2. The van der Waals surface area contributed by atoms with Crippen molar-refractivity contribution < 1.29 is 9.47 Å². The van der Waals surface area contributed by atoms with Gasteiger partial charge < -0.3 is 9.47 Å². The van der Waals surface area contributed by atoms with Crippen LogP contribution in [-0.2, 0) is 22.3 Å². The van der Waals surface area contributed by atoms with Crippen LogP contribution in [0, 0.1) is 11.8 Å². The van der Waals surface area contributed by atoms with Gasteiger partial charge >= 0.3 is 0 Å². The highest BCUT2D eigenvalue weighted by molar-refractivity contribution is 6.02. The van der Waals surface area contributed by atoms with Crippen molar-refractivity contribution in [3.63, 3.8) is 0 Å². The van der Waals surface area contributed by atoms with Crippen LogP contribution in [0.1, 0.15) is 60.0 Å². The fourth-order valence-corrected chi connectivity index (χ4v) is 6.34. The summed E-state index contributed by atoms with van der Waals surface area (Å²) in [7, 11) is 0. The third kappa shape index (κ3) is 2.46. The van der Waals surface area contributed by atoms with Crippen LogP contribution in [0.25, 0.3) is 0 Å². The van der Waals surface area contributed by atoms with Crippen LogP contribution >= 0.6 is 0 Å². The Morgan fingerprint density at radius 3 is 1.73 bits per heavy atom. The van der Waals surface area contributed by atoms with Gasteiger partial charge in [-0.05, 0) is 41.0 Å². The molecule has 2 aromatic rings. The molecule has 0 aromatic heterocycles. The molecule has 0 spiro atoms. The molecular formula is C26H26N2O2. The summed E-state index contributed by atoms with van der Waals surface area (Å²) in [4.78, 5) is 10.3. The number of hydrogen-bond acceptors (Lipinski definition) is 4. The Bertz CT molecular complexity index is 991. The summed E-state index contributed by atoms with van der Waals surface area (Å²) in [5, 5.41) is 0. The van der Waals surface area contributed by atoms with Crippen LogP contribution < -0.4 is 0 Å². The molecule has 0 amide bonds. The lowest BCUT2D eigenvalue weighted by atomic mass is 9.90. The van der Waals surface area contributed by atoms with Gasteiger partial charge in [0.2, 0.25) is 0 Å². The second-order valence-electron chi connectivity index (χ2n) is 9.47. The number of ether oxygens (including phenoxy) is 2. The second-order valence-corrected chi connectivity index (χ2v) is 9.47. The fourth-order valence-electron chi connectivity index (χ4n) is 6.34. The molecule has 4 nitrogen and oxygen atoms in total. The van der Waals surface area contributed by atoms with Crippen LogP contribution in [0.5, 0.6) is 0 Å². The van der Waals surface area contributed by atoms with Gasteiger partial charge in [0.15, 0.2) is 11.8 Å². The summed E-state index contributed by atoms with van der Waals surface area (Å²) in [6.07, 6.45) is 7.20. The van der Waals surface area contributed by atoms with Gasteiger partial charge in [0.05, 0.1) is 0 Å². The van der Waals surface area contributed by atoms with Crippen molar-refractivity contribution in [1.82, 2.24) is 0 Å². The molecule has 0 radical (unpaired) electrons. The molecule has 3 aliphatic carbocycles. The molecule has 7 rings (SSSR count). The first-order valence-corrected chi connectivity index (χ1v) is 11.5. The molecule has 5 aliphatic rings. The second kappa shape index (κ2) is 6.44. The van der Waals surface area contributed by atoms with E-state index in [1.165, 1.54) is 47.9 Å². The average Bonchev–Trinajstić information content (AvgIpc) is 3.55. The van der Waals surface area contributed by atoms with E-state index < -0.39 is 0 Å². The predicted molar refractivity (Wildman–Crippen MR) is 116 cm³/mol. The first-order chi connectivity index (χ1) is 14.8. The largest absolute Gasteiger partial charge is 0.474 e. The maximum Gasteiger partial charge on any atom is 0.197 e. The van der Waals surface area contributed by atoms with Gasteiger partial charge in [0, 0.05) is 12.8 Å². The highest BCUT2D eigenvalue weighted by Crippen LogP contribution is 2.46. The lowest BCUT2D eigenvalue weighted by molar-refractivity contribution is 0.173. The molecule has 30 heavy (non-hydrogen) atoms. The van der Waals surface area contributed by atoms with Crippen LogP contribution in [0.15, 0.2) is 58.5 Å². The zero-order valence-electron chi connectivity index (χ0n) is 17.0. The summed E-state index contributed by atoms with van der Waals surface area (Å²) >= 11 is 0. The van der Waals surface area contributed by atoms with E-state index in [4.69, 9.17) is 19.5 Å². The van der Waals surface area contributed by atoms with Gasteiger partial charge in [-0.15, -0.1) is 0 Å². The number of aliphatic imine (C=N–C) groups is 2. The molecule has 1 saturated carbocycles. The predicted octanol–water partition coefficient (Wildman–Crippen LogP) is 4.98. The zero-order valence-corrected chi connectivity index (χ0v) is 17.0. The highest BCUT2D eigenvalue weighted by atomic mass is 16.5. The molecule has 4 atom stereocenters. The van der Waals surface area contributed by atoms with Crippen molar-refractivity contribution in [1.29, 1.82) is 0 Å². The maximum absolute atomic E-state index is 6.54. The number of nitrogens with zero attached hydrogens (tertiary/aromatic N) is 2. The molecule has 0 N–H and O–H groups in total. The minimum Gasteiger partial charge on any atom is -0.474 e. The average molecular weight is 399 g/mol. The minimum atomic E-state index is 0.0861. The summed E-state index contributed by atoms with van der Waals surface area (Å²) in [5.74, 6) is 2.39. The molecular weight excluding hydrogens is 372 g/mol. The molecule has 2 aliphatic heterocycles. The van der Waals surface area contributed by atoms with Gasteiger partial charge in [-0.1, -0.05) is 61.4 Å². The molecule has 1 fully saturated rings. The zero-order chi connectivity index (χ0) is 19.7. The third-order valence-electron chi connectivity index (χ3n) is 7.77. The number of hydrogen-bond donors (Lipinski definition) is 0. The first kappa shape index (κ1) is 17.1. The van der Waals surface area contributed by atoms with Gasteiger partial charge in [-0.25, -0.2) is 9.98 Å². The minimum absolute atomic E-state index is 0.0861. The standard InChI is InChI=1S/C26H26N2O2/c1-2-8-15(7-1)22(25-27-23-18-11-5-3-9-16(18)13-20(23)29-25)26-28-24-19-12-6-4-10-17(19)14-21(24)30-26/h3-6,9-12,15,20-24H,1-2,7-8,13-14H2/t20-,21-,23+,24+/m1/s1. The lowest BCUT2D eigenvalue weighted by Gasteiger charge is -2.24. The van der Waals surface area contributed by atoms with Crippen molar-refractivity contribution in [3.05, 3.63) is 70.8 Å². The molecule has 0 unspecified atom stereocenters. The Hall–Kier alpha value is -2.62. The van der Waals surface area contributed by atoms with Crippen molar-refractivity contribution in [2.45, 2.75) is 62.8 Å². The van der Waals surface area contributed by atoms with Crippen molar-refractivity contribution in [2.24, 2.45) is 21.8 Å². The third-order valence-corrected chi connectivity index (χ3v) is 7.77. The smallest absolute Gasteiger partial charge is 0.197 e. The van der Waals surface area contributed by atoms with Crippen LogP contribution in [0.2, 0.25) is 0 Å². The van der Waals surface area contributed by atoms with Crippen LogP contribution in [-0.4, -0.2) is 24.0 Å². The van der Waals surface area contributed by atoms with E-state index in [1.807, 2.05) is 0 Å². The summed E-state index contributed by atoms with van der Waals surface area (Å²) in [6.45, 7) is 0. The monoisotopic (exact) mass is 398 g/mol. The van der Waals surface area contributed by atoms with Gasteiger partial charge in [-0.2, -0.15) is 0 Å². The highest BCUT2D eigenvalue weighted by Gasteiger charge is 2.48. The lowest BCUT2D eigenvalue weighted by Crippen LogP contribution is -2.33. The molecule has 2 aromatic carbocycles. The molecule has 0 bridgehead atoms. The topological polar surface area (TPSA) is 43.2 Å². The Labute approximate surface area is 177 Å². The summed E-state index contributed by atoms with van der Waals surface area (Å²) in [6, 6.07) is 17.6. The maximum atomic E-state index is 6.54. The molecule has 0 saturated heterocycles. The SMILES string of the molecule is c1ccc2c(c1)C[C@H]1OC(C(C3=N[C@H]4c5ccccc5C[C@H]4O3)C3CCCC3)=N[C@@H]21. The van der Waals surface area contributed by atoms with E-state index in [1.54, 1.807) is 0 Å². The Morgan fingerprint density at radius 1 is 0.700 bits per heavy atom. The van der Waals surface area contributed by atoms with Gasteiger partial charge in [0.25, 0.3) is 0 Å². The number of rotatable bonds is 3. The van der Waals surface area contributed by atoms with E-state index in [0.29, 0.717) is 5.92 Å². The molecule has 4 heteroatoms.